The van der Waals surface area contributed by atoms with Crippen molar-refractivity contribution in [3.05, 3.63) is 35.5 Å². The maximum absolute atomic E-state index is 12.1. The van der Waals surface area contributed by atoms with Gasteiger partial charge in [0.25, 0.3) is 0 Å². The minimum atomic E-state index is -0.356. The molecular formula is C18H25N3O3. The number of allylic oxidation sites excluding steroid dienone is 1. The first-order valence-electron chi connectivity index (χ1n) is 8.33. The van der Waals surface area contributed by atoms with Crippen LogP contribution in [0.4, 0.5) is 5.82 Å². The van der Waals surface area contributed by atoms with Crippen molar-refractivity contribution in [1.82, 2.24) is 9.88 Å². The molecule has 6 heteroatoms. The first-order valence-corrected chi connectivity index (χ1v) is 8.33. The quantitative estimate of drug-likeness (QED) is 0.625. The number of nitrogens with zero attached hydrogens (tertiary/aromatic N) is 3. The van der Waals surface area contributed by atoms with E-state index in [0.717, 1.165) is 37.4 Å². The van der Waals surface area contributed by atoms with Crippen molar-refractivity contribution in [3.63, 3.8) is 0 Å². The van der Waals surface area contributed by atoms with Gasteiger partial charge in [-0.3, -0.25) is 4.79 Å². The van der Waals surface area contributed by atoms with E-state index in [0.29, 0.717) is 18.7 Å². The van der Waals surface area contributed by atoms with Gasteiger partial charge in [0, 0.05) is 38.5 Å². The Labute approximate surface area is 143 Å². The number of hydrogen-bond acceptors (Lipinski definition) is 5. The highest BCUT2D eigenvalue weighted by atomic mass is 16.5. The summed E-state index contributed by atoms with van der Waals surface area (Å²) in [6, 6.07) is 3.57. The third-order valence-corrected chi connectivity index (χ3v) is 3.80. The number of ether oxygens (including phenoxy) is 1. The van der Waals surface area contributed by atoms with Gasteiger partial charge in [0.1, 0.15) is 5.82 Å². The number of carbonyl (C=O) groups is 2. The largest absolute Gasteiger partial charge is 0.462 e. The lowest BCUT2D eigenvalue weighted by atomic mass is 10.2. The normalized spacial score (nSPS) is 14.8. The smallest absolute Gasteiger partial charge is 0.339 e. The van der Waals surface area contributed by atoms with Crippen molar-refractivity contribution < 1.29 is 14.3 Å². The van der Waals surface area contributed by atoms with Gasteiger partial charge < -0.3 is 14.5 Å². The van der Waals surface area contributed by atoms with Crippen molar-refractivity contribution >= 4 is 17.7 Å². The zero-order valence-corrected chi connectivity index (χ0v) is 14.6. The van der Waals surface area contributed by atoms with Crippen LogP contribution in [0.1, 0.15) is 37.6 Å². The Kier molecular flexibility index (Phi) is 6.35. The Morgan fingerprint density at radius 3 is 2.62 bits per heavy atom. The van der Waals surface area contributed by atoms with Crippen LogP contribution in [0.25, 0.3) is 0 Å². The minimum absolute atomic E-state index is 0.0717. The lowest BCUT2D eigenvalue weighted by molar-refractivity contribution is -0.125. The van der Waals surface area contributed by atoms with Crippen LogP contribution in [-0.2, 0) is 9.53 Å². The molecule has 1 amide bonds. The SMILES string of the molecule is CCOC(=O)c1ccc(N2CCCN(C(=O)C=C(C)C)CC2)nc1. The molecule has 0 aliphatic carbocycles. The van der Waals surface area contributed by atoms with E-state index in [-0.39, 0.29) is 11.9 Å². The molecule has 130 valence electrons. The Hall–Kier alpha value is -2.37. The first-order chi connectivity index (χ1) is 11.5. The van der Waals surface area contributed by atoms with Gasteiger partial charge in [-0.25, -0.2) is 9.78 Å². The van der Waals surface area contributed by atoms with Crippen LogP contribution in [0.2, 0.25) is 0 Å². The molecule has 6 nitrogen and oxygen atoms in total. The lowest BCUT2D eigenvalue weighted by Crippen LogP contribution is -2.34. The van der Waals surface area contributed by atoms with Crippen LogP contribution < -0.4 is 4.90 Å². The number of rotatable bonds is 4. The Balaban J connectivity index is 2.00. The molecule has 0 N–H and O–H groups in total. The second-order valence-electron chi connectivity index (χ2n) is 6.01. The molecule has 0 atom stereocenters. The summed E-state index contributed by atoms with van der Waals surface area (Å²) in [7, 11) is 0. The van der Waals surface area contributed by atoms with Gasteiger partial charge in [-0.05, 0) is 39.3 Å². The van der Waals surface area contributed by atoms with Crippen LogP contribution >= 0.6 is 0 Å². The van der Waals surface area contributed by atoms with Crippen LogP contribution in [0.15, 0.2) is 30.0 Å². The first kappa shape index (κ1) is 18.0. The minimum Gasteiger partial charge on any atom is -0.462 e. The monoisotopic (exact) mass is 331 g/mol. The molecule has 0 bridgehead atoms. The highest BCUT2D eigenvalue weighted by Crippen LogP contribution is 2.15. The van der Waals surface area contributed by atoms with Gasteiger partial charge in [-0.1, -0.05) is 5.57 Å². The van der Waals surface area contributed by atoms with E-state index in [1.54, 1.807) is 25.3 Å². The van der Waals surface area contributed by atoms with Crippen molar-refractivity contribution in [1.29, 1.82) is 0 Å². The predicted molar refractivity (Wildman–Crippen MR) is 93.0 cm³/mol. The number of anilines is 1. The number of pyridine rings is 1. The van der Waals surface area contributed by atoms with E-state index in [2.05, 4.69) is 9.88 Å². The van der Waals surface area contributed by atoms with Crippen LogP contribution in [0.3, 0.4) is 0 Å². The molecule has 0 radical (unpaired) electrons. The van der Waals surface area contributed by atoms with Gasteiger partial charge in [0.15, 0.2) is 0 Å². The molecule has 2 heterocycles. The predicted octanol–water partition coefficient (Wildman–Crippen LogP) is 2.26. The molecule has 1 aromatic rings. The fraction of sp³-hybridized carbons (Fsp3) is 0.500. The zero-order chi connectivity index (χ0) is 17.5. The molecule has 1 aliphatic heterocycles. The molecule has 24 heavy (non-hydrogen) atoms. The van der Waals surface area contributed by atoms with E-state index in [1.165, 1.54) is 0 Å². The molecule has 0 saturated carbocycles. The second-order valence-corrected chi connectivity index (χ2v) is 6.01. The molecule has 0 unspecified atom stereocenters. The standard InChI is InChI=1S/C18H25N3O3/c1-4-24-18(23)15-6-7-16(19-13-15)20-8-5-9-21(11-10-20)17(22)12-14(2)3/h6-7,12-13H,4-5,8-11H2,1-3H3. The third-order valence-electron chi connectivity index (χ3n) is 3.80. The highest BCUT2D eigenvalue weighted by molar-refractivity contribution is 5.89. The fourth-order valence-electron chi connectivity index (χ4n) is 2.61. The molecule has 0 aromatic carbocycles. The van der Waals surface area contributed by atoms with Gasteiger partial charge >= 0.3 is 5.97 Å². The number of carbonyl (C=O) groups excluding carboxylic acids is 2. The molecule has 1 aliphatic rings. The van der Waals surface area contributed by atoms with Gasteiger partial charge in [0.2, 0.25) is 5.91 Å². The van der Waals surface area contributed by atoms with Crippen molar-refractivity contribution in [2.75, 3.05) is 37.7 Å². The average Bonchev–Trinajstić information content (AvgIpc) is 2.81. The molecule has 1 aromatic heterocycles. The van der Waals surface area contributed by atoms with Crippen molar-refractivity contribution in [2.24, 2.45) is 0 Å². The van der Waals surface area contributed by atoms with Crippen molar-refractivity contribution in [3.8, 4) is 0 Å². The van der Waals surface area contributed by atoms with E-state index in [1.807, 2.05) is 24.8 Å². The van der Waals surface area contributed by atoms with Gasteiger partial charge in [-0.15, -0.1) is 0 Å². The summed E-state index contributed by atoms with van der Waals surface area (Å²) in [5.74, 6) is 0.535. The van der Waals surface area contributed by atoms with E-state index < -0.39 is 0 Å². The molecule has 1 fully saturated rings. The summed E-state index contributed by atoms with van der Waals surface area (Å²) < 4.78 is 4.96. The Bertz CT molecular complexity index is 606. The van der Waals surface area contributed by atoms with E-state index >= 15 is 0 Å². The van der Waals surface area contributed by atoms with Crippen molar-refractivity contribution in [2.45, 2.75) is 27.2 Å². The van der Waals surface area contributed by atoms with Crippen LogP contribution in [-0.4, -0.2) is 54.5 Å². The zero-order valence-electron chi connectivity index (χ0n) is 14.6. The number of hydrogen-bond donors (Lipinski definition) is 0. The number of aromatic nitrogens is 1. The van der Waals surface area contributed by atoms with Crippen LogP contribution in [0.5, 0.6) is 0 Å². The summed E-state index contributed by atoms with van der Waals surface area (Å²) in [5.41, 5.74) is 1.47. The topological polar surface area (TPSA) is 62.7 Å². The molecular weight excluding hydrogens is 306 g/mol. The number of esters is 1. The van der Waals surface area contributed by atoms with Gasteiger partial charge in [0.05, 0.1) is 12.2 Å². The lowest BCUT2D eigenvalue weighted by Gasteiger charge is -2.22. The summed E-state index contributed by atoms with van der Waals surface area (Å²) >= 11 is 0. The summed E-state index contributed by atoms with van der Waals surface area (Å²) in [5, 5.41) is 0. The third kappa shape index (κ3) is 4.81. The maximum atomic E-state index is 12.1. The maximum Gasteiger partial charge on any atom is 0.339 e. The number of amides is 1. The molecule has 2 rings (SSSR count). The fourth-order valence-corrected chi connectivity index (χ4v) is 2.61. The van der Waals surface area contributed by atoms with Crippen LogP contribution in [0, 0.1) is 0 Å². The molecule has 0 spiro atoms. The Morgan fingerprint density at radius 1 is 1.21 bits per heavy atom. The second kappa shape index (κ2) is 8.47. The average molecular weight is 331 g/mol. The Morgan fingerprint density at radius 2 is 2.00 bits per heavy atom. The summed E-state index contributed by atoms with van der Waals surface area (Å²) in [4.78, 5) is 32.2. The summed E-state index contributed by atoms with van der Waals surface area (Å²) in [6.07, 6.45) is 4.12. The summed E-state index contributed by atoms with van der Waals surface area (Å²) in [6.45, 7) is 8.97. The van der Waals surface area contributed by atoms with E-state index in [4.69, 9.17) is 4.74 Å². The molecule has 1 saturated heterocycles. The highest BCUT2D eigenvalue weighted by Gasteiger charge is 2.19. The van der Waals surface area contributed by atoms with E-state index in [9.17, 15) is 9.59 Å². The van der Waals surface area contributed by atoms with Gasteiger partial charge in [-0.2, -0.15) is 0 Å².